The Labute approximate surface area is 131 Å². The molecule has 4 nitrogen and oxygen atoms in total. The van der Waals surface area contributed by atoms with E-state index in [0.717, 1.165) is 5.56 Å². The largest absolute Gasteiger partial charge is 0.508 e. The number of carbonyl (C=O) groups is 1. The van der Waals surface area contributed by atoms with Crippen molar-refractivity contribution in [1.82, 2.24) is 5.32 Å². The lowest BCUT2D eigenvalue weighted by Gasteiger charge is -2.20. The summed E-state index contributed by atoms with van der Waals surface area (Å²) in [6, 6.07) is 15.5. The molecule has 2 rings (SSSR count). The summed E-state index contributed by atoms with van der Waals surface area (Å²) in [6.45, 7) is 0. The lowest BCUT2D eigenvalue weighted by molar-refractivity contribution is -0.139. The molecule has 0 aliphatic rings. The zero-order valence-electron chi connectivity index (χ0n) is 11.2. The molecule has 3 N–H and O–H groups in total. The van der Waals surface area contributed by atoms with E-state index in [4.69, 9.17) is 0 Å². The van der Waals surface area contributed by atoms with Crippen LogP contribution in [0.3, 0.4) is 0 Å². The first-order valence-corrected chi connectivity index (χ1v) is 7.44. The Bertz CT molecular complexity index is 603. The van der Waals surface area contributed by atoms with Gasteiger partial charge < -0.3 is 10.2 Å². The molecular weight excluding hydrogens is 334 g/mol. The van der Waals surface area contributed by atoms with Gasteiger partial charge in [0.25, 0.3) is 0 Å². The third-order valence-corrected chi connectivity index (χ3v) is 3.90. The van der Waals surface area contributed by atoms with E-state index >= 15 is 0 Å². The van der Waals surface area contributed by atoms with Crippen molar-refractivity contribution in [3.05, 3.63) is 65.7 Å². The maximum atomic E-state index is 11.4. The van der Waals surface area contributed by atoms with E-state index < -0.39 is 17.0 Å². The summed E-state index contributed by atoms with van der Waals surface area (Å²) in [5.74, 6) is -0.811. The predicted octanol–water partition coefficient (Wildman–Crippen LogP) is 3.07. The van der Waals surface area contributed by atoms with Crippen molar-refractivity contribution in [3.63, 3.8) is 0 Å². The number of phenolic OH excluding ortho intramolecular Hbond substituents is 1. The van der Waals surface area contributed by atoms with Gasteiger partial charge in [0, 0.05) is 5.56 Å². The number of hydrogen-bond acceptors (Lipinski definition) is 3. The van der Waals surface area contributed by atoms with E-state index in [1.165, 1.54) is 0 Å². The lowest BCUT2D eigenvalue weighted by Crippen LogP contribution is -2.39. The van der Waals surface area contributed by atoms with Crippen LogP contribution < -0.4 is 5.32 Å². The Morgan fingerprint density at radius 2 is 1.71 bits per heavy atom. The molecule has 0 aliphatic heterocycles. The van der Waals surface area contributed by atoms with Gasteiger partial charge in [-0.05, 0) is 18.1 Å². The quantitative estimate of drug-likeness (QED) is 0.553. The molecule has 2 aromatic rings. The number of para-hydroxylation sites is 1. The smallest absolute Gasteiger partial charge is 0.321 e. The Kier molecular flexibility index (Phi) is 5.36. The minimum atomic E-state index is -0.932. The molecule has 0 heterocycles. The standard InChI is InChI=1S/C16H16BrNO3/c17-15(12-8-4-5-9-14(12)19)18-13(16(20)21)10-11-6-2-1-3-7-11/h1-9,13,15,18-19H,10H2,(H,20,21). The number of phenols is 1. The average Bonchev–Trinajstić information content (AvgIpc) is 2.48. The Hall–Kier alpha value is -1.85. The highest BCUT2D eigenvalue weighted by atomic mass is 79.9. The fourth-order valence-electron chi connectivity index (χ4n) is 2.04. The minimum Gasteiger partial charge on any atom is -0.508 e. The zero-order valence-corrected chi connectivity index (χ0v) is 12.8. The molecule has 2 aromatic carbocycles. The van der Waals surface area contributed by atoms with E-state index in [0.29, 0.717) is 12.0 Å². The molecular formula is C16H16BrNO3. The van der Waals surface area contributed by atoms with Crippen LogP contribution in [0.15, 0.2) is 54.6 Å². The lowest BCUT2D eigenvalue weighted by atomic mass is 10.1. The maximum absolute atomic E-state index is 11.4. The molecule has 0 bridgehead atoms. The van der Waals surface area contributed by atoms with E-state index in [1.54, 1.807) is 24.3 Å². The fourth-order valence-corrected chi connectivity index (χ4v) is 2.74. The van der Waals surface area contributed by atoms with Crippen LogP contribution >= 0.6 is 15.9 Å². The van der Waals surface area contributed by atoms with Crippen LogP contribution in [0.1, 0.15) is 16.1 Å². The molecule has 21 heavy (non-hydrogen) atoms. The van der Waals surface area contributed by atoms with Gasteiger partial charge in [-0.3, -0.25) is 10.1 Å². The Balaban J connectivity index is 2.10. The first-order chi connectivity index (χ1) is 10.1. The highest BCUT2D eigenvalue weighted by Gasteiger charge is 2.22. The third kappa shape index (κ3) is 4.31. The molecule has 0 aromatic heterocycles. The van der Waals surface area contributed by atoms with Gasteiger partial charge in [-0.15, -0.1) is 0 Å². The van der Waals surface area contributed by atoms with Gasteiger partial charge in [0.1, 0.15) is 11.8 Å². The van der Waals surface area contributed by atoms with Crippen LogP contribution in [0, 0.1) is 0 Å². The van der Waals surface area contributed by atoms with Crippen molar-refractivity contribution in [2.24, 2.45) is 0 Å². The second-order valence-electron chi connectivity index (χ2n) is 4.67. The number of aliphatic carboxylic acids is 1. The normalized spacial score (nSPS) is 13.6. The van der Waals surface area contributed by atoms with Crippen LogP contribution in [0.25, 0.3) is 0 Å². The van der Waals surface area contributed by atoms with Crippen molar-refractivity contribution in [1.29, 1.82) is 0 Å². The molecule has 110 valence electrons. The highest BCUT2D eigenvalue weighted by molar-refractivity contribution is 9.09. The number of rotatable bonds is 6. The second-order valence-corrected chi connectivity index (χ2v) is 5.58. The SMILES string of the molecule is O=C(O)C(Cc1ccccc1)NC(Br)c1ccccc1O. The topological polar surface area (TPSA) is 69.6 Å². The van der Waals surface area contributed by atoms with Gasteiger partial charge in [0.05, 0.1) is 4.95 Å². The highest BCUT2D eigenvalue weighted by Crippen LogP contribution is 2.28. The second kappa shape index (κ2) is 7.24. The summed E-state index contributed by atoms with van der Waals surface area (Å²) in [4.78, 5) is 11.0. The van der Waals surface area contributed by atoms with Crippen molar-refractivity contribution in [2.75, 3.05) is 0 Å². The number of carboxylic acid groups (broad SMARTS) is 1. The van der Waals surface area contributed by atoms with Crippen molar-refractivity contribution < 1.29 is 15.0 Å². The van der Waals surface area contributed by atoms with Crippen LogP contribution in [-0.4, -0.2) is 22.2 Å². The summed E-state index contributed by atoms with van der Waals surface area (Å²) in [5.41, 5.74) is 1.55. The van der Waals surface area contributed by atoms with Crippen LogP contribution in [-0.2, 0) is 11.2 Å². The van der Waals surface area contributed by atoms with Crippen LogP contribution in [0.4, 0.5) is 0 Å². The number of nitrogens with one attached hydrogen (secondary N) is 1. The van der Waals surface area contributed by atoms with E-state index in [2.05, 4.69) is 21.2 Å². The first kappa shape index (κ1) is 15.5. The third-order valence-electron chi connectivity index (χ3n) is 3.14. The molecule has 0 radical (unpaired) electrons. The molecule has 0 saturated carbocycles. The number of alkyl halides is 1. The molecule has 0 aliphatic carbocycles. The van der Waals surface area contributed by atoms with Crippen molar-refractivity contribution in [2.45, 2.75) is 17.4 Å². The number of halogens is 1. The van der Waals surface area contributed by atoms with Gasteiger partial charge in [-0.1, -0.05) is 64.5 Å². The van der Waals surface area contributed by atoms with E-state index in [-0.39, 0.29) is 5.75 Å². The summed E-state index contributed by atoms with van der Waals surface area (Å²) >= 11 is 3.38. The zero-order chi connectivity index (χ0) is 15.2. The van der Waals surface area contributed by atoms with Gasteiger partial charge >= 0.3 is 5.97 Å². The Morgan fingerprint density at radius 1 is 1.10 bits per heavy atom. The maximum Gasteiger partial charge on any atom is 0.321 e. The minimum absolute atomic E-state index is 0.121. The van der Waals surface area contributed by atoms with Gasteiger partial charge in [0.2, 0.25) is 0 Å². The van der Waals surface area contributed by atoms with Crippen LogP contribution in [0.5, 0.6) is 5.75 Å². The molecule has 0 fully saturated rings. The van der Waals surface area contributed by atoms with Gasteiger partial charge in [0.15, 0.2) is 0 Å². The fraction of sp³-hybridized carbons (Fsp3) is 0.188. The molecule has 5 heteroatoms. The molecule has 2 atom stereocenters. The first-order valence-electron chi connectivity index (χ1n) is 6.52. The monoisotopic (exact) mass is 349 g/mol. The van der Waals surface area contributed by atoms with E-state index in [1.807, 2.05) is 30.3 Å². The van der Waals surface area contributed by atoms with Crippen molar-refractivity contribution in [3.8, 4) is 5.75 Å². The van der Waals surface area contributed by atoms with Gasteiger partial charge in [-0.25, -0.2) is 0 Å². The summed E-state index contributed by atoms with van der Waals surface area (Å²) in [5, 5.41) is 22.1. The molecule has 2 unspecified atom stereocenters. The van der Waals surface area contributed by atoms with Crippen molar-refractivity contribution >= 4 is 21.9 Å². The van der Waals surface area contributed by atoms with Crippen LogP contribution in [0.2, 0.25) is 0 Å². The number of benzene rings is 2. The van der Waals surface area contributed by atoms with E-state index in [9.17, 15) is 15.0 Å². The number of carboxylic acids is 1. The average molecular weight is 350 g/mol. The summed E-state index contributed by atoms with van der Waals surface area (Å²) in [7, 11) is 0. The Morgan fingerprint density at radius 3 is 2.33 bits per heavy atom. The number of aromatic hydroxyl groups is 1. The molecule has 0 spiro atoms. The predicted molar refractivity (Wildman–Crippen MR) is 84.5 cm³/mol. The number of hydrogen-bond donors (Lipinski definition) is 3. The van der Waals surface area contributed by atoms with Gasteiger partial charge in [-0.2, -0.15) is 0 Å². The molecule has 0 saturated heterocycles. The summed E-state index contributed by atoms with van der Waals surface area (Å²) in [6.07, 6.45) is 0.367. The summed E-state index contributed by atoms with van der Waals surface area (Å²) < 4.78 is 0. The molecule has 0 amide bonds.